The molecule has 0 spiro atoms. The van der Waals surface area contributed by atoms with Crippen LogP contribution in [0.5, 0.6) is 11.5 Å². The zero-order valence-electron chi connectivity index (χ0n) is 17.2. The van der Waals surface area contributed by atoms with E-state index in [0.29, 0.717) is 18.0 Å². The summed E-state index contributed by atoms with van der Waals surface area (Å²) < 4.78 is 10.5. The maximum absolute atomic E-state index is 12.4. The normalized spacial score (nSPS) is 16.7. The van der Waals surface area contributed by atoms with Crippen molar-refractivity contribution in [1.82, 2.24) is 5.32 Å². The van der Waals surface area contributed by atoms with E-state index in [1.807, 2.05) is 24.3 Å². The third-order valence-electron chi connectivity index (χ3n) is 5.56. The van der Waals surface area contributed by atoms with Gasteiger partial charge in [0.05, 0.1) is 20.3 Å². The molecule has 0 saturated heterocycles. The van der Waals surface area contributed by atoms with Gasteiger partial charge in [-0.05, 0) is 55.7 Å². The largest absolute Gasteiger partial charge is 0.493 e. The van der Waals surface area contributed by atoms with Gasteiger partial charge in [-0.1, -0.05) is 18.9 Å². The molecule has 1 unspecified atom stereocenters. The molecule has 1 amide bonds. The highest BCUT2D eigenvalue weighted by molar-refractivity contribution is 7.12. The van der Waals surface area contributed by atoms with Crippen LogP contribution in [-0.2, 0) is 10.2 Å². The van der Waals surface area contributed by atoms with Gasteiger partial charge in [-0.25, -0.2) is 0 Å². The predicted octanol–water partition coefficient (Wildman–Crippen LogP) is 4.46. The molecule has 1 fully saturated rings. The number of ether oxygens (including phenoxy) is 2. The van der Waals surface area contributed by atoms with Gasteiger partial charge in [-0.15, -0.1) is 11.3 Å². The van der Waals surface area contributed by atoms with Crippen molar-refractivity contribution >= 4 is 23.3 Å². The summed E-state index contributed by atoms with van der Waals surface area (Å²) in [5.41, 5.74) is 0.846. The first-order valence-electron chi connectivity index (χ1n) is 9.93. The van der Waals surface area contributed by atoms with E-state index in [9.17, 15) is 9.90 Å². The Hall–Kier alpha value is -2.31. The van der Waals surface area contributed by atoms with E-state index in [2.05, 4.69) is 11.4 Å². The molecule has 1 saturated carbocycles. The van der Waals surface area contributed by atoms with Crippen molar-refractivity contribution in [3.8, 4) is 11.5 Å². The van der Waals surface area contributed by atoms with Gasteiger partial charge in [0.25, 0.3) is 0 Å². The molecule has 1 aliphatic rings. The Bertz CT molecular complexity index is 866. The molecule has 156 valence electrons. The standard InChI is InChI=1S/C23H29NO4S/c1-16(25)20-9-10-21(29-20)23(12-4-5-13-23)15-24-22(26)11-7-17-6-8-18(27-2)19(14-17)28-3/h6-11,14,16,25H,4-5,12-13,15H2,1-3H3,(H,24,26)/b11-7+. The van der Waals surface area contributed by atoms with E-state index in [4.69, 9.17) is 9.47 Å². The summed E-state index contributed by atoms with van der Waals surface area (Å²) in [6.45, 7) is 2.40. The number of nitrogens with one attached hydrogen (secondary N) is 1. The molecule has 1 heterocycles. The third-order valence-corrected chi connectivity index (χ3v) is 7.06. The topological polar surface area (TPSA) is 67.8 Å². The second kappa shape index (κ2) is 9.46. The van der Waals surface area contributed by atoms with Crippen LogP contribution in [0.25, 0.3) is 6.08 Å². The number of aliphatic hydroxyl groups excluding tert-OH is 1. The smallest absolute Gasteiger partial charge is 0.244 e. The van der Waals surface area contributed by atoms with Crippen LogP contribution in [0.2, 0.25) is 0 Å². The highest BCUT2D eigenvalue weighted by atomic mass is 32.1. The molecule has 29 heavy (non-hydrogen) atoms. The molecule has 3 rings (SSSR count). The number of carbonyl (C=O) groups is 1. The lowest BCUT2D eigenvalue weighted by molar-refractivity contribution is -0.116. The third kappa shape index (κ3) is 5.00. The SMILES string of the molecule is COc1ccc(/C=C/C(=O)NCC2(c3ccc(C(C)O)s3)CCCC2)cc1OC. The number of hydrogen-bond acceptors (Lipinski definition) is 5. The van der Waals surface area contributed by atoms with Gasteiger partial charge in [0.15, 0.2) is 11.5 Å². The fourth-order valence-corrected chi connectivity index (χ4v) is 5.06. The van der Waals surface area contributed by atoms with Gasteiger partial charge in [-0.2, -0.15) is 0 Å². The van der Waals surface area contributed by atoms with Crippen LogP contribution in [0, 0.1) is 0 Å². The number of carbonyl (C=O) groups excluding carboxylic acids is 1. The van der Waals surface area contributed by atoms with Crippen molar-refractivity contribution in [3.63, 3.8) is 0 Å². The van der Waals surface area contributed by atoms with Crippen LogP contribution < -0.4 is 14.8 Å². The van der Waals surface area contributed by atoms with Gasteiger partial charge in [0.1, 0.15) is 0 Å². The van der Waals surface area contributed by atoms with Crippen molar-refractivity contribution in [2.45, 2.75) is 44.1 Å². The van der Waals surface area contributed by atoms with E-state index in [1.54, 1.807) is 44.6 Å². The molecule has 5 nitrogen and oxygen atoms in total. The first-order valence-corrected chi connectivity index (χ1v) is 10.8. The van der Waals surface area contributed by atoms with Crippen LogP contribution in [0.1, 0.15) is 54.0 Å². The summed E-state index contributed by atoms with van der Waals surface area (Å²) in [4.78, 5) is 14.7. The van der Waals surface area contributed by atoms with Crippen molar-refractivity contribution in [2.75, 3.05) is 20.8 Å². The van der Waals surface area contributed by atoms with E-state index >= 15 is 0 Å². The predicted molar refractivity (Wildman–Crippen MR) is 117 cm³/mol. The molecule has 1 aromatic carbocycles. The Morgan fingerprint density at radius 3 is 2.55 bits per heavy atom. The fourth-order valence-electron chi connectivity index (χ4n) is 3.87. The van der Waals surface area contributed by atoms with Gasteiger partial charge in [0.2, 0.25) is 5.91 Å². The second-order valence-corrected chi connectivity index (χ2v) is 8.65. The summed E-state index contributed by atoms with van der Waals surface area (Å²) in [5.74, 6) is 1.18. The molecule has 0 bridgehead atoms. The molecule has 2 aromatic rings. The van der Waals surface area contributed by atoms with Crippen LogP contribution in [-0.4, -0.2) is 31.8 Å². The van der Waals surface area contributed by atoms with E-state index in [0.717, 1.165) is 23.3 Å². The number of amides is 1. The monoisotopic (exact) mass is 415 g/mol. The molecule has 1 aliphatic carbocycles. The average molecular weight is 416 g/mol. The van der Waals surface area contributed by atoms with Crippen LogP contribution in [0.15, 0.2) is 36.4 Å². The molecule has 1 atom stereocenters. The lowest BCUT2D eigenvalue weighted by Crippen LogP contribution is -2.37. The van der Waals surface area contributed by atoms with E-state index in [-0.39, 0.29) is 11.3 Å². The molecule has 1 aromatic heterocycles. The maximum Gasteiger partial charge on any atom is 0.244 e. The molecule has 2 N–H and O–H groups in total. The summed E-state index contributed by atoms with van der Waals surface area (Å²) in [7, 11) is 3.18. The molecule has 0 aliphatic heterocycles. The lowest BCUT2D eigenvalue weighted by Gasteiger charge is -2.28. The maximum atomic E-state index is 12.4. The number of methoxy groups -OCH3 is 2. The fraction of sp³-hybridized carbons (Fsp3) is 0.435. The van der Waals surface area contributed by atoms with Crippen LogP contribution >= 0.6 is 11.3 Å². The van der Waals surface area contributed by atoms with Crippen LogP contribution in [0.4, 0.5) is 0 Å². The Kier molecular flexibility index (Phi) is 6.98. The Labute approximate surface area is 176 Å². The minimum atomic E-state index is -0.453. The van der Waals surface area contributed by atoms with Gasteiger partial charge >= 0.3 is 0 Å². The van der Waals surface area contributed by atoms with Gasteiger partial charge < -0.3 is 19.9 Å². The zero-order chi connectivity index (χ0) is 20.9. The minimum Gasteiger partial charge on any atom is -0.493 e. The molecule has 6 heteroatoms. The Morgan fingerprint density at radius 1 is 1.21 bits per heavy atom. The number of aliphatic hydroxyl groups is 1. The first kappa shape index (κ1) is 21.4. The Balaban J connectivity index is 1.65. The number of thiophene rings is 1. The van der Waals surface area contributed by atoms with E-state index in [1.165, 1.54) is 17.7 Å². The Morgan fingerprint density at radius 2 is 1.93 bits per heavy atom. The molecular weight excluding hydrogens is 386 g/mol. The van der Waals surface area contributed by atoms with Crippen molar-refractivity contribution in [3.05, 3.63) is 51.7 Å². The molecule has 0 radical (unpaired) electrons. The average Bonchev–Trinajstić information content (AvgIpc) is 3.41. The number of hydrogen-bond donors (Lipinski definition) is 2. The first-order chi connectivity index (χ1) is 14.0. The molecular formula is C23H29NO4S. The quantitative estimate of drug-likeness (QED) is 0.625. The summed E-state index contributed by atoms with van der Waals surface area (Å²) in [6, 6.07) is 9.66. The van der Waals surface area contributed by atoms with E-state index < -0.39 is 6.10 Å². The summed E-state index contributed by atoms with van der Waals surface area (Å²) >= 11 is 1.66. The minimum absolute atomic E-state index is 0.0232. The van der Waals surface area contributed by atoms with Crippen molar-refractivity contribution in [2.24, 2.45) is 0 Å². The van der Waals surface area contributed by atoms with Gasteiger partial charge in [0, 0.05) is 27.8 Å². The number of rotatable bonds is 8. The highest BCUT2D eigenvalue weighted by Crippen LogP contribution is 2.44. The van der Waals surface area contributed by atoms with Crippen LogP contribution in [0.3, 0.4) is 0 Å². The second-order valence-electron chi connectivity index (χ2n) is 7.53. The van der Waals surface area contributed by atoms with Gasteiger partial charge in [-0.3, -0.25) is 4.79 Å². The lowest BCUT2D eigenvalue weighted by atomic mass is 9.84. The van der Waals surface area contributed by atoms with Crippen molar-refractivity contribution in [1.29, 1.82) is 0 Å². The van der Waals surface area contributed by atoms with Crippen molar-refractivity contribution < 1.29 is 19.4 Å². The summed E-state index contributed by atoms with van der Waals surface area (Å²) in [6.07, 6.45) is 7.33. The summed E-state index contributed by atoms with van der Waals surface area (Å²) in [5, 5.41) is 12.9. The zero-order valence-corrected chi connectivity index (χ0v) is 18.1. The highest BCUT2D eigenvalue weighted by Gasteiger charge is 2.37. The number of benzene rings is 1.